The van der Waals surface area contributed by atoms with Crippen molar-refractivity contribution in [2.75, 3.05) is 0 Å². The maximum atomic E-state index is 5.74. The quantitative estimate of drug-likeness (QED) is 0.606. The van der Waals surface area contributed by atoms with E-state index in [2.05, 4.69) is 13.5 Å². The summed E-state index contributed by atoms with van der Waals surface area (Å²) in [4.78, 5) is 0. The van der Waals surface area contributed by atoms with Crippen LogP contribution in [0.2, 0.25) is 0 Å². The molecule has 0 amide bonds. The topological polar surface area (TPSA) is 26.0 Å². The molecule has 2 unspecified atom stereocenters. The van der Waals surface area contributed by atoms with Crippen LogP contribution in [0.5, 0.6) is 0 Å². The number of hydrogen-bond donors (Lipinski definition) is 1. The van der Waals surface area contributed by atoms with E-state index in [1.165, 1.54) is 37.7 Å². The molecule has 0 radical (unpaired) electrons. The molecule has 0 aliphatic heterocycles. The van der Waals surface area contributed by atoms with E-state index in [4.69, 9.17) is 5.73 Å². The summed E-state index contributed by atoms with van der Waals surface area (Å²) in [6.45, 7) is 6.13. The van der Waals surface area contributed by atoms with E-state index in [-0.39, 0.29) is 0 Å². The smallest absolute Gasteiger partial charge is 0.00132 e. The number of hydrogen-bond acceptors (Lipinski definition) is 1. The second kappa shape index (κ2) is 3.91. The number of allylic oxidation sites excluding steroid dienone is 1. The van der Waals surface area contributed by atoms with Crippen LogP contribution in [0.25, 0.3) is 0 Å². The fourth-order valence-corrected chi connectivity index (χ4v) is 1.98. The van der Waals surface area contributed by atoms with Gasteiger partial charge in [0.15, 0.2) is 0 Å². The monoisotopic (exact) mass is 153 g/mol. The van der Waals surface area contributed by atoms with E-state index in [0.29, 0.717) is 6.04 Å². The van der Waals surface area contributed by atoms with Crippen molar-refractivity contribution in [1.82, 2.24) is 0 Å². The van der Waals surface area contributed by atoms with Gasteiger partial charge in [0.25, 0.3) is 0 Å². The third-order valence-electron chi connectivity index (χ3n) is 2.43. The molecule has 0 aromatic carbocycles. The highest BCUT2D eigenvalue weighted by atomic mass is 14.6. The summed E-state index contributed by atoms with van der Waals surface area (Å²) >= 11 is 0. The molecule has 2 N–H and O–H groups in total. The molecule has 1 aliphatic rings. The molecule has 0 bridgehead atoms. The van der Waals surface area contributed by atoms with Crippen LogP contribution >= 0.6 is 0 Å². The molecule has 1 aliphatic carbocycles. The van der Waals surface area contributed by atoms with Crippen LogP contribution in [0.1, 0.15) is 39.0 Å². The first-order chi connectivity index (χ1) is 5.18. The Bertz CT molecular complexity index is 138. The van der Waals surface area contributed by atoms with E-state index >= 15 is 0 Å². The van der Waals surface area contributed by atoms with Gasteiger partial charge in [0.1, 0.15) is 0 Å². The molecule has 1 fully saturated rings. The van der Waals surface area contributed by atoms with Crippen molar-refractivity contribution in [2.24, 2.45) is 11.7 Å². The third-order valence-corrected chi connectivity index (χ3v) is 2.43. The van der Waals surface area contributed by atoms with E-state index in [1.807, 2.05) is 0 Å². The Morgan fingerprint density at radius 2 is 2.45 bits per heavy atom. The summed E-state index contributed by atoms with van der Waals surface area (Å²) in [6.07, 6.45) is 6.34. The normalized spacial score (nSPS) is 28.5. The van der Waals surface area contributed by atoms with Gasteiger partial charge >= 0.3 is 0 Å². The van der Waals surface area contributed by atoms with Gasteiger partial charge in [0, 0.05) is 6.04 Å². The Hall–Kier alpha value is -0.300. The first kappa shape index (κ1) is 8.79. The standard InChI is InChI=1S/C10H19N/c1-8-4-3-5-10(6-8)7-9(2)11/h9-10H,1,3-7,11H2,2H3. The Balaban J connectivity index is 2.28. The van der Waals surface area contributed by atoms with Crippen molar-refractivity contribution >= 4 is 0 Å². The number of rotatable bonds is 2. The molecule has 11 heavy (non-hydrogen) atoms. The average molecular weight is 153 g/mol. The Labute approximate surface area is 69.7 Å². The van der Waals surface area contributed by atoms with Gasteiger partial charge in [-0.05, 0) is 44.9 Å². The highest BCUT2D eigenvalue weighted by molar-refractivity contribution is 4.99. The van der Waals surface area contributed by atoms with Gasteiger partial charge in [0.05, 0.1) is 0 Å². The average Bonchev–Trinajstić information content (AvgIpc) is 1.85. The zero-order chi connectivity index (χ0) is 8.27. The van der Waals surface area contributed by atoms with Gasteiger partial charge in [-0.2, -0.15) is 0 Å². The summed E-state index contributed by atoms with van der Waals surface area (Å²) in [5.74, 6) is 0.830. The van der Waals surface area contributed by atoms with Gasteiger partial charge in [0.2, 0.25) is 0 Å². The summed E-state index contributed by atoms with van der Waals surface area (Å²) in [5.41, 5.74) is 7.17. The van der Waals surface area contributed by atoms with Crippen molar-refractivity contribution in [3.05, 3.63) is 12.2 Å². The Kier molecular flexibility index (Phi) is 3.13. The fourth-order valence-electron chi connectivity index (χ4n) is 1.98. The number of nitrogens with two attached hydrogens (primary N) is 1. The summed E-state index contributed by atoms with van der Waals surface area (Å²) in [5, 5.41) is 0. The Morgan fingerprint density at radius 1 is 1.73 bits per heavy atom. The maximum Gasteiger partial charge on any atom is 0.00132 e. The summed E-state index contributed by atoms with van der Waals surface area (Å²) in [7, 11) is 0. The highest BCUT2D eigenvalue weighted by Crippen LogP contribution is 2.29. The minimum absolute atomic E-state index is 0.367. The zero-order valence-corrected chi connectivity index (χ0v) is 7.47. The van der Waals surface area contributed by atoms with Crippen molar-refractivity contribution < 1.29 is 0 Å². The minimum Gasteiger partial charge on any atom is -0.328 e. The molecule has 64 valence electrons. The molecule has 0 spiro atoms. The third kappa shape index (κ3) is 3.06. The van der Waals surface area contributed by atoms with Crippen molar-refractivity contribution in [1.29, 1.82) is 0 Å². The lowest BCUT2D eigenvalue weighted by atomic mass is 9.83. The second-order valence-corrected chi connectivity index (χ2v) is 3.93. The van der Waals surface area contributed by atoms with E-state index in [0.717, 1.165) is 5.92 Å². The predicted octanol–water partition coefficient (Wildman–Crippen LogP) is 2.47. The second-order valence-electron chi connectivity index (χ2n) is 3.93. The van der Waals surface area contributed by atoms with Crippen molar-refractivity contribution in [3.8, 4) is 0 Å². The van der Waals surface area contributed by atoms with E-state index < -0.39 is 0 Å². The molecule has 2 atom stereocenters. The molecular weight excluding hydrogens is 134 g/mol. The molecule has 1 nitrogen and oxygen atoms in total. The lowest BCUT2D eigenvalue weighted by Gasteiger charge is -2.24. The van der Waals surface area contributed by atoms with Crippen molar-refractivity contribution in [2.45, 2.75) is 45.1 Å². The van der Waals surface area contributed by atoms with Crippen molar-refractivity contribution in [3.63, 3.8) is 0 Å². The van der Waals surface area contributed by atoms with Crippen LogP contribution in [0, 0.1) is 5.92 Å². The first-order valence-corrected chi connectivity index (χ1v) is 4.60. The van der Waals surface area contributed by atoms with Crippen LogP contribution < -0.4 is 5.73 Å². The molecule has 0 aromatic rings. The minimum atomic E-state index is 0.367. The van der Waals surface area contributed by atoms with Crippen LogP contribution in [-0.2, 0) is 0 Å². The van der Waals surface area contributed by atoms with Gasteiger partial charge in [-0.1, -0.05) is 12.2 Å². The molecular formula is C10H19N. The first-order valence-electron chi connectivity index (χ1n) is 4.60. The van der Waals surface area contributed by atoms with E-state index in [9.17, 15) is 0 Å². The lowest BCUT2D eigenvalue weighted by molar-refractivity contribution is 0.371. The van der Waals surface area contributed by atoms with Gasteiger partial charge in [-0.3, -0.25) is 0 Å². The highest BCUT2D eigenvalue weighted by Gasteiger charge is 2.16. The predicted molar refractivity (Wildman–Crippen MR) is 49.4 cm³/mol. The fraction of sp³-hybridized carbons (Fsp3) is 0.800. The van der Waals surface area contributed by atoms with Gasteiger partial charge in [-0.15, -0.1) is 0 Å². The molecule has 1 rings (SSSR count). The van der Waals surface area contributed by atoms with Crippen LogP contribution in [0.4, 0.5) is 0 Å². The molecule has 1 heteroatoms. The summed E-state index contributed by atoms with van der Waals surface area (Å²) in [6, 6.07) is 0.367. The Morgan fingerprint density at radius 3 is 3.00 bits per heavy atom. The largest absolute Gasteiger partial charge is 0.328 e. The van der Waals surface area contributed by atoms with Crippen LogP contribution in [-0.4, -0.2) is 6.04 Å². The molecule has 1 saturated carbocycles. The maximum absolute atomic E-state index is 5.74. The molecule has 0 saturated heterocycles. The van der Waals surface area contributed by atoms with E-state index in [1.54, 1.807) is 0 Å². The van der Waals surface area contributed by atoms with Gasteiger partial charge in [-0.25, -0.2) is 0 Å². The summed E-state index contributed by atoms with van der Waals surface area (Å²) < 4.78 is 0. The molecule has 0 heterocycles. The zero-order valence-electron chi connectivity index (χ0n) is 7.47. The lowest BCUT2D eigenvalue weighted by Crippen LogP contribution is -2.21. The van der Waals surface area contributed by atoms with Gasteiger partial charge < -0.3 is 5.73 Å². The van der Waals surface area contributed by atoms with Crippen LogP contribution in [0.3, 0.4) is 0 Å². The molecule has 0 aromatic heterocycles. The SMILES string of the molecule is C=C1CCCC(CC(C)N)C1. The van der Waals surface area contributed by atoms with Crippen LogP contribution in [0.15, 0.2) is 12.2 Å².